The Labute approximate surface area is 120 Å². The lowest BCUT2D eigenvalue weighted by Crippen LogP contribution is -1.96. The van der Waals surface area contributed by atoms with Gasteiger partial charge in [0.2, 0.25) is 5.71 Å². The fourth-order valence-corrected chi connectivity index (χ4v) is 1.63. The van der Waals surface area contributed by atoms with Crippen LogP contribution < -0.4 is 5.43 Å². The maximum absolute atomic E-state index is 8.56. The summed E-state index contributed by atoms with van der Waals surface area (Å²) in [6.07, 6.45) is 1.64. The average molecular weight is 280 g/mol. The molecule has 1 aromatic heterocycles. The van der Waals surface area contributed by atoms with Crippen LogP contribution in [0.4, 0.5) is 5.69 Å². The number of hydrogen-bond acceptors (Lipinski definition) is 6. The summed E-state index contributed by atoms with van der Waals surface area (Å²) in [6.45, 7) is 0. The van der Waals surface area contributed by atoms with Crippen molar-refractivity contribution in [2.24, 2.45) is 5.10 Å². The number of nitrogens with zero attached hydrogens (tertiary/aromatic N) is 4. The van der Waals surface area contributed by atoms with Crippen molar-refractivity contribution in [1.29, 1.82) is 10.5 Å². The highest BCUT2D eigenvalue weighted by atomic mass is 32.1. The van der Waals surface area contributed by atoms with Gasteiger partial charge in [0.05, 0.1) is 5.69 Å². The molecule has 1 aromatic carbocycles. The molecular formula is C13H8N6S. The molecule has 0 fully saturated rings. The van der Waals surface area contributed by atoms with Gasteiger partial charge >= 0.3 is 0 Å². The number of aromatic nitrogens is 2. The van der Waals surface area contributed by atoms with Crippen molar-refractivity contribution in [1.82, 2.24) is 9.97 Å². The minimum atomic E-state index is -0.229. The van der Waals surface area contributed by atoms with Gasteiger partial charge in [0.25, 0.3) is 0 Å². The van der Waals surface area contributed by atoms with E-state index in [1.807, 2.05) is 18.2 Å². The summed E-state index contributed by atoms with van der Waals surface area (Å²) in [6, 6.07) is 12.4. The van der Waals surface area contributed by atoms with E-state index in [-0.39, 0.29) is 5.71 Å². The molecule has 0 aliphatic carbocycles. The molecular weight excluding hydrogens is 272 g/mol. The Morgan fingerprint density at radius 3 is 2.50 bits per heavy atom. The Kier molecular flexibility index (Phi) is 4.17. The van der Waals surface area contributed by atoms with E-state index in [4.69, 9.17) is 22.7 Å². The number of benzene rings is 1. The molecule has 1 heterocycles. The van der Waals surface area contributed by atoms with E-state index in [1.165, 1.54) is 0 Å². The lowest BCUT2D eigenvalue weighted by atomic mass is 10.1. The summed E-state index contributed by atoms with van der Waals surface area (Å²) in [5.74, 6) is 0. The van der Waals surface area contributed by atoms with Crippen LogP contribution in [-0.4, -0.2) is 15.7 Å². The molecule has 0 bridgehead atoms. The predicted octanol–water partition coefficient (Wildman–Crippen LogP) is 2.62. The molecule has 0 amide bonds. The first-order chi connectivity index (χ1) is 9.72. The number of anilines is 1. The van der Waals surface area contributed by atoms with Crippen LogP contribution in [0.2, 0.25) is 0 Å². The quantitative estimate of drug-likeness (QED) is 0.511. The summed E-state index contributed by atoms with van der Waals surface area (Å²) < 4.78 is 0.419. The summed E-state index contributed by atoms with van der Waals surface area (Å²) in [5, 5.41) is 20.8. The van der Waals surface area contributed by atoms with Crippen LogP contribution in [0.15, 0.2) is 41.6 Å². The molecule has 0 spiro atoms. The van der Waals surface area contributed by atoms with Crippen molar-refractivity contribution in [3.8, 4) is 23.4 Å². The first-order valence-electron chi connectivity index (χ1n) is 5.52. The predicted molar refractivity (Wildman–Crippen MR) is 77.1 cm³/mol. The molecule has 0 saturated carbocycles. The van der Waals surface area contributed by atoms with Gasteiger partial charge in [0.1, 0.15) is 12.1 Å². The molecule has 0 aliphatic rings. The van der Waals surface area contributed by atoms with Crippen molar-refractivity contribution in [2.45, 2.75) is 0 Å². The van der Waals surface area contributed by atoms with Crippen molar-refractivity contribution in [2.75, 3.05) is 5.43 Å². The van der Waals surface area contributed by atoms with Crippen LogP contribution in [0.3, 0.4) is 0 Å². The lowest BCUT2D eigenvalue weighted by molar-refractivity contribution is 1.14. The second kappa shape index (κ2) is 6.23. The first-order valence-corrected chi connectivity index (χ1v) is 5.93. The van der Waals surface area contributed by atoms with E-state index in [2.05, 4.69) is 20.5 Å². The Morgan fingerprint density at radius 2 is 1.90 bits per heavy atom. The number of nitrogens with one attached hydrogen (secondary N) is 2. The van der Waals surface area contributed by atoms with Gasteiger partial charge in [-0.2, -0.15) is 15.6 Å². The van der Waals surface area contributed by atoms with E-state index in [9.17, 15) is 0 Å². The third-order valence-electron chi connectivity index (χ3n) is 2.38. The van der Waals surface area contributed by atoms with Gasteiger partial charge in [0, 0.05) is 11.9 Å². The number of hydrazone groups is 1. The monoisotopic (exact) mass is 280 g/mol. The van der Waals surface area contributed by atoms with Crippen LogP contribution in [-0.2, 0) is 0 Å². The second-order valence-corrected chi connectivity index (χ2v) is 4.05. The number of aromatic amines is 1. The zero-order chi connectivity index (χ0) is 14.4. The van der Waals surface area contributed by atoms with Gasteiger partial charge < -0.3 is 4.98 Å². The minimum Gasteiger partial charge on any atom is -0.330 e. The molecule has 6 nitrogen and oxygen atoms in total. The zero-order valence-corrected chi connectivity index (χ0v) is 11.0. The molecule has 0 atom stereocenters. The minimum absolute atomic E-state index is 0.229. The van der Waals surface area contributed by atoms with Gasteiger partial charge in [-0.15, -0.1) is 0 Å². The highest BCUT2D eigenvalue weighted by Gasteiger charge is 1.99. The Balaban J connectivity index is 2.20. The van der Waals surface area contributed by atoms with Crippen molar-refractivity contribution in [3.63, 3.8) is 0 Å². The maximum Gasteiger partial charge on any atom is 0.237 e. The molecule has 0 saturated heterocycles. The molecule has 0 aliphatic heterocycles. The van der Waals surface area contributed by atoms with Crippen LogP contribution in [0.25, 0.3) is 11.3 Å². The fourth-order valence-electron chi connectivity index (χ4n) is 1.46. The molecule has 2 N–H and O–H groups in total. The normalized spacial score (nSPS) is 9.10. The Bertz CT molecular complexity index is 760. The van der Waals surface area contributed by atoms with Crippen LogP contribution in [0.5, 0.6) is 0 Å². The van der Waals surface area contributed by atoms with E-state index in [0.717, 1.165) is 11.3 Å². The van der Waals surface area contributed by atoms with Crippen molar-refractivity contribution in [3.05, 3.63) is 41.3 Å². The molecule has 20 heavy (non-hydrogen) atoms. The van der Waals surface area contributed by atoms with Gasteiger partial charge in [-0.3, -0.25) is 5.43 Å². The highest BCUT2D eigenvalue weighted by molar-refractivity contribution is 7.71. The molecule has 96 valence electrons. The third kappa shape index (κ3) is 3.25. The fraction of sp³-hybridized carbons (Fsp3) is 0. The number of nitriles is 2. The molecule has 7 heteroatoms. The van der Waals surface area contributed by atoms with E-state index in [1.54, 1.807) is 30.5 Å². The summed E-state index contributed by atoms with van der Waals surface area (Å²) in [4.78, 5) is 6.90. The van der Waals surface area contributed by atoms with Gasteiger partial charge in [-0.05, 0) is 36.0 Å². The van der Waals surface area contributed by atoms with Crippen LogP contribution in [0.1, 0.15) is 0 Å². The summed E-state index contributed by atoms with van der Waals surface area (Å²) >= 11 is 4.96. The summed E-state index contributed by atoms with van der Waals surface area (Å²) in [5.41, 5.74) is 4.87. The van der Waals surface area contributed by atoms with Gasteiger partial charge in [-0.1, -0.05) is 12.1 Å². The third-order valence-corrected chi connectivity index (χ3v) is 2.59. The zero-order valence-electron chi connectivity index (χ0n) is 10.2. The van der Waals surface area contributed by atoms with Crippen molar-refractivity contribution >= 4 is 23.6 Å². The molecule has 2 aromatic rings. The van der Waals surface area contributed by atoms with E-state index in [0.29, 0.717) is 10.5 Å². The number of rotatable bonds is 3. The van der Waals surface area contributed by atoms with Crippen LogP contribution >= 0.6 is 12.2 Å². The molecule has 2 rings (SSSR count). The maximum atomic E-state index is 8.56. The molecule has 0 radical (unpaired) electrons. The van der Waals surface area contributed by atoms with E-state index < -0.39 is 0 Å². The Morgan fingerprint density at radius 1 is 1.20 bits per heavy atom. The number of hydrogen-bond donors (Lipinski definition) is 2. The topological polar surface area (TPSA) is 101 Å². The SMILES string of the molecule is N#CC(C#N)=NNc1ccc(-c2ccnc(=S)[nH]2)cc1. The largest absolute Gasteiger partial charge is 0.330 e. The van der Waals surface area contributed by atoms with Gasteiger partial charge in [0.15, 0.2) is 4.77 Å². The van der Waals surface area contributed by atoms with Crippen LogP contribution in [0, 0.1) is 27.4 Å². The van der Waals surface area contributed by atoms with Crippen molar-refractivity contribution < 1.29 is 0 Å². The standard InChI is InChI=1S/C13H8N6S/c14-7-11(8-15)19-18-10-3-1-9(2-4-10)12-5-6-16-13(20)17-12/h1-6,18H,(H,16,17,20). The Hall–Kier alpha value is -3.03. The highest BCUT2D eigenvalue weighted by Crippen LogP contribution is 2.18. The van der Waals surface area contributed by atoms with E-state index >= 15 is 0 Å². The smallest absolute Gasteiger partial charge is 0.237 e. The number of H-pyrrole nitrogens is 1. The lowest BCUT2D eigenvalue weighted by Gasteiger charge is -2.03. The van der Waals surface area contributed by atoms with Gasteiger partial charge in [-0.25, -0.2) is 4.98 Å². The first kappa shape index (κ1) is 13.4. The average Bonchev–Trinajstić information content (AvgIpc) is 2.49. The second-order valence-electron chi connectivity index (χ2n) is 3.66. The summed E-state index contributed by atoms with van der Waals surface area (Å²) in [7, 11) is 0. The molecule has 0 unspecified atom stereocenters.